The number of carbonyl (C=O) groups excluding carboxylic acids is 2. The number of benzene rings is 2. The molecule has 0 saturated carbocycles. The van der Waals surface area contributed by atoms with Crippen LogP contribution in [0.1, 0.15) is 24.8 Å². The smallest absolute Gasteiger partial charge is 0.298 e. The highest BCUT2D eigenvalue weighted by Crippen LogP contribution is 2.27. The topological polar surface area (TPSA) is 99.7 Å². The van der Waals surface area contributed by atoms with Gasteiger partial charge in [0.2, 0.25) is 11.9 Å². The van der Waals surface area contributed by atoms with Crippen LogP contribution in [0.4, 0.5) is 17.3 Å². The average molecular weight is 551 g/mol. The van der Waals surface area contributed by atoms with Gasteiger partial charge in [0.1, 0.15) is 5.75 Å². The van der Waals surface area contributed by atoms with E-state index in [4.69, 9.17) is 16.1 Å². The molecular formula is C32H34N6O3. The molecule has 6 bridgehead atoms. The molecule has 5 rings (SSSR count). The summed E-state index contributed by atoms with van der Waals surface area (Å²) in [6.07, 6.45) is 13.1. The number of hydrogen-bond acceptors (Lipinski definition) is 7. The first-order valence-electron chi connectivity index (χ1n) is 13.8. The number of nitrogens with one attached hydrogen (secondary N) is 2. The molecule has 1 saturated heterocycles. The molecular weight excluding hydrogens is 516 g/mol. The minimum atomic E-state index is -0.320. The second-order valence-electron chi connectivity index (χ2n) is 10.4. The van der Waals surface area contributed by atoms with E-state index >= 15 is 0 Å². The number of rotatable bonds is 3. The number of fused-ring (bicyclic) bond motifs is 7. The largest absolute Gasteiger partial charge is 0.493 e. The lowest BCUT2D eigenvalue weighted by molar-refractivity contribution is -0.124. The van der Waals surface area contributed by atoms with Gasteiger partial charge in [0.25, 0.3) is 5.91 Å². The highest BCUT2D eigenvalue weighted by Gasteiger charge is 2.27. The van der Waals surface area contributed by atoms with Crippen LogP contribution in [0.2, 0.25) is 0 Å². The number of likely N-dealkylation sites (N-methyl/N-ethyl adjacent to an activating group) is 1. The molecule has 2 N–H and O–H groups in total. The maximum atomic E-state index is 13.0. The summed E-state index contributed by atoms with van der Waals surface area (Å²) in [5, 5.41) is 6.38. The van der Waals surface area contributed by atoms with Crippen molar-refractivity contribution in [2.45, 2.75) is 25.8 Å². The summed E-state index contributed by atoms with van der Waals surface area (Å²) >= 11 is 0. The Morgan fingerprint density at radius 3 is 2.98 bits per heavy atom. The predicted molar refractivity (Wildman–Crippen MR) is 160 cm³/mol. The zero-order chi connectivity index (χ0) is 28.6. The average Bonchev–Trinajstić information content (AvgIpc) is 3.42. The monoisotopic (exact) mass is 550 g/mol. The molecule has 9 heteroatoms. The van der Waals surface area contributed by atoms with Crippen LogP contribution in [0.5, 0.6) is 5.75 Å². The van der Waals surface area contributed by atoms with Crippen molar-refractivity contribution in [1.29, 1.82) is 0 Å². The van der Waals surface area contributed by atoms with Gasteiger partial charge < -0.3 is 20.3 Å². The van der Waals surface area contributed by atoms with Crippen molar-refractivity contribution in [3.05, 3.63) is 72.4 Å². The zero-order valence-electron chi connectivity index (χ0n) is 23.2. The molecule has 2 aromatic carbocycles. The SMILES string of the molecule is C#CC(=O)N1CCC(CC(=O)Nc2cc3cc(c2)Nc2nccc(n2)-c2cccc(c2)OCC/C=C/CN(C)C3)C1. The molecule has 1 atom stereocenters. The fraction of sp³-hybridized carbons (Fsp3) is 0.312. The Kier molecular flexibility index (Phi) is 8.92. The molecule has 210 valence electrons. The Bertz CT molecular complexity index is 1480. The second kappa shape index (κ2) is 13.1. The Morgan fingerprint density at radius 2 is 2.10 bits per heavy atom. The molecule has 1 aromatic heterocycles. The van der Waals surface area contributed by atoms with Gasteiger partial charge >= 0.3 is 0 Å². The first-order valence-corrected chi connectivity index (χ1v) is 13.8. The maximum absolute atomic E-state index is 13.0. The third-order valence-corrected chi connectivity index (χ3v) is 7.08. The van der Waals surface area contributed by atoms with E-state index < -0.39 is 0 Å². The second-order valence-corrected chi connectivity index (χ2v) is 10.4. The molecule has 2 aliphatic rings. The summed E-state index contributed by atoms with van der Waals surface area (Å²) in [7, 11) is 2.05. The van der Waals surface area contributed by atoms with Gasteiger partial charge in [-0.05, 0) is 73.7 Å². The number of ether oxygens (including phenoxy) is 1. The van der Waals surface area contributed by atoms with Crippen molar-refractivity contribution in [3.8, 4) is 29.4 Å². The molecule has 41 heavy (non-hydrogen) atoms. The summed E-state index contributed by atoms with van der Waals surface area (Å²) < 4.78 is 5.95. The number of likely N-dealkylation sites (tertiary alicyclic amines) is 1. The van der Waals surface area contributed by atoms with Crippen LogP contribution in [0.15, 0.2) is 66.9 Å². The molecule has 9 nitrogen and oxygen atoms in total. The zero-order valence-corrected chi connectivity index (χ0v) is 23.2. The van der Waals surface area contributed by atoms with E-state index in [1.54, 1.807) is 11.1 Å². The van der Waals surface area contributed by atoms with E-state index in [9.17, 15) is 9.59 Å². The molecule has 2 aliphatic heterocycles. The lowest BCUT2D eigenvalue weighted by Gasteiger charge is -2.18. The van der Waals surface area contributed by atoms with E-state index in [1.165, 1.54) is 0 Å². The van der Waals surface area contributed by atoms with Crippen molar-refractivity contribution in [1.82, 2.24) is 19.8 Å². The molecule has 0 spiro atoms. The third kappa shape index (κ3) is 7.71. The van der Waals surface area contributed by atoms with E-state index in [0.717, 1.165) is 47.6 Å². The van der Waals surface area contributed by atoms with Gasteiger partial charge in [-0.2, -0.15) is 0 Å². The van der Waals surface area contributed by atoms with E-state index in [2.05, 4.69) is 45.6 Å². The predicted octanol–water partition coefficient (Wildman–Crippen LogP) is 4.47. The number of carbonyl (C=O) groups is 2. The summed E-state index contributed by atoms with van der Waals surface area (Å²) in [4.78, 5) is 37.8. The van der Waals surface area contributed by atoms with Gasteiger partial charge in [-0.25, -0.2) is 9.97 Å². The Balaban J connectivity index is 1.38. The van der Waals surface area contributed by atoms with Crippen LogP contribution in [-0.2, 0) is 16.1 Å². The van der Waals surface area contributed by atoms with Crippen LogP contribution < -0.4 is 15.4 Å². The van der Waals surface area contributed by atoms with Gasteiger partial charge in [-0.1, -0.05) is 24.3 Å². The number of amides is 2. The summed E-state index contributed by atoms with van der Waals surface area (Å²) in [5.74, 6) is 3.07. The molecule has 3 aromatic rings. The molecule has 0 aliphatic carbocycles. The van der Waals surface area contributed by atoms with Gasteiger partial charge in [0, 0.05) is 55.7 Å². The van der Waals surface area contributed by atoms with Crippen LogP contribution in [0.3, 0.4) is 0 Å². The Morgan fingerprint density at radius 1 is 1.20 bits per heavy atom. The minimum absolute atomic E-state index is 0.0814. The highest BCUT2D eigenvalue weighted by molar-refractivity contribution is 5.94. The maximum Gasteiger partial charge on any atom is 0.298 e. The fourth-order valence-electron chi connectivity index (χ4n) is 5.12. The quantitative estimate of drug-likeness (QED) is 0.367. The summed E-state index contributed by atoms with van der Waals surface area (Å²) in [6.45, 7) is 3.13. The first kappa shape index (κ1) is 27.9. The number of anilines is 3. The van der Waals surface area contributed by atoms with Gasteiger partial charge in [-0.3, -0.25) is 14.5 Å². The number of aromatic nitrogens is 2. The fourth-order valence-corrected chi connectivity index (χ4v) is 5.12. The van der Waals surface area contributed by atoms with Gasteiger partial charge in [-0.15, -0.1) is 6.42 Å². The van der Waals surface area contributed by atoms with E-state index in [-0.39, 0.29) is 17.7 Å². The van der Waals surface area contributed by atoms with Crippen molar-refractivity contribution in [3.63, 3.8) is 0 Å². The van der Waals surface area contributed by atoms with E-state index in [1.807, 2.05) is 48.5 Å². The Hall–Kier alpha value is -4.68. The van der Waals surface area contributed by atoms with Crippen molar-refractivity contribution in [2.24, 2.45) is 5.92 Å². The molecule has 0 radical (unpaired) electrons. The molecule has 2 amide bonds. The van der Waals surface area contributed by atoms with Crippen molar-refractivity contribution in [2.75, 3.05) is 43.9 Å². The first-order chi connectivity index (χ1) is 19.9. The lowest BCUT2D eigenvalue weighted by Crippen LogP contribution is -2.27. The molecule has 3 heterocycles. The van der Waals surface area contributed by atoms with Gasteiger partial charge in [0.15, 0.2) is 0 Å². The Labute approximate surface area is 240 Å². The van der Waals surface area contributed by atoms with Gasteiger partial charge in [0.05, 0.1) is 12.3 Å². The van der Waals surface area contributed by atoms with Crippen LogP contribution >= 0.6 is 0 Å². The number of terminal acetylenes is 1. The summed E-state index contributed by atoms with van der Waals surface area (Å²) in [5.41, 5.74) is 4.18. The third-order valence-electron chi connectivity index (χ3n) is 7.08. The van der Waals surface area contributed by atoms with E-state index in [0.29, 0.717) is 44.3 Å². The van der Waals surface area contributed by atoms with Crippen LogP contribution in [0, 0.1) is 18.3 Å². The number of hydrogen-bond donors (Lipinski definition) is 2. The minimum Gasteiger partial charge on any atom is -0.493 e. The van der Waals surface area contributed by atoms with Crippen molar-refractivity contribution < 1.29 is 14.3 Å². The van der Waals surface area contributed by atoms with Crippen LogP contribution in [0.25, 0.3) is 11.3 Å². The summed E-state index contributed by atoms with van der Waals surface area (Å²) in [6, 6.07) is 15.7. The number of nitrogens with zero attached hydrogens (tertiary/aromatic N) is 4. The van der Waals surface area contributed by atoms with Crippen molar-refractivity contribution >= 4 is 29.1 Å². The lowest BCUT2D eigenvalue weighted by atomic mass is 10.0. The molecule has 1 fully saturated rings. The highest BCUT2D eigenvalue weighted by atomic mass is 16.5. The van der Waals surface area contributed by atoms with Crippen LogP contribution in [-0.4, -0.2) is 64.9 Å². The normalized spacial score (nSPS) is 18.1. The molecule has 1 unspecified atom stereocenters. The standard InChI is InChI=1S/C32H34N6O3/c1-3-31(40)38-14-11-23(22-38)18-30(39)34-26-16-24-17-27(20-26)35-32-33-12-10-29(36-32)25-8-7-9-28(19-25)41-15-6-4-5-13-37(2)21-24/h1,4-5,7-10,12,16-17,19-20,23H,6,11,13-15,18,21-22H2,2H3,(H,34,39)(H,33,35,36)/b5-4+.